The van der Waals surface area contributed by atoms with Gasteiger partial charge in [0.2, 0.25) is 0 Å². The number of benzene rings is 1. The first-order valence-corrected chi connectivity index (χ1v) is 5.28. The van der Waals surface area contributed by atoms with Crippen LogP contribution >= 0.6 is 0 Å². The summed E-state index contributed by atoms with van der Waals surface area (Å²) in [5.74, 6) is 2.19. The van der Waals surface area contributed by atoms with Gasteiger partial charge in [0.05, 0.1) is 7.11 Å². The maximum atomic E-state index is 5.23. The zero-order valence-electron chi connectivity index (χ0n) is 8.70. The molecule has 1 aromatic rings. The molecule has 1 aliphatic rings. The molecule has 0 aromatic heterocycles. The number of hydrogen-bond donors (Lipinski definition) is 0. The van der Waals surface area contributed by atoms with E-state index in [1.54, 1.807) is 7.11 Å². The molecule has 1 fully saturated rings. The minimum atomic E-state index is 0.585. The van der Waals surface area contributed by atoms with E-state index in [-0.39, 0.29) is 0 Å². The molecule has 1 heteroatoms. The largest absolute Gasteiger partial charge is 0.497 e. The van der Waals surface area contributed by atoms with E-state index < -0.39 is 0 Å². The second kappa shape index (κ2) is 4.04. The Bertz CT molecular complexity index is 306. The predicted octanol–water partition coefficient (Wildman–Crippen LogP) is 3.41. The van der Waals surface area contributed by atoms with Gasteiger partial charge in [-0.3, -0.25) is 0 Å². The molecule has 2 rings (SSSR count). The summed E-state index contributed by atoms with van der Waals surface area (Å²) in [6.45, 7) is 4.21. The van der Waals surface area contributed by atoms with Crippen molar-refractivity contribution in [2.75, 3.05) is 7.11 Å². The first kappa shape index (κ1) is 9.57. The fraction of sp³-hybridized carbons (Fsp3) is 0.462. The highest BCUT2D eigenvalue weighted by molar-refractivity contribution is 5.31. The van der Waals surface area contributed by atoms with Crippen molar-refractivity contribution in [3.63, 3.8) is 0 Å². The second-order valence-corrected chi connectivity index (χ2v) is 4.07. The lowest BCUT2D eigenvalue weighted by molar-refractivity contribution is 0.413. The highest BCUT2D eigenvalue weighted by Gasteiger charge is 2.24. The zero-order chi connectivity index (χ0) is 9.97. The van der Waals surface area contributed by atoms with Crippen LogP contribution in [0.1, 0.15) is 30.7 Å². The Kier molecular flexibility index (Phi) is 2.76. The molecule has 0 spiro atoms. The van der Waals surface area contributed by atoms with Gasteiger partial charge >= 0.3 is 0 Å². The SMILES string of the molecule is [CH2]C1CCC[C@H]1c1cccc(OC)c1. The molecule has 1 nitrogen and oxygen atoms in total. The van der Waals surface area contributed by atoms with Crippen molar-refractivity contribution in [1.29, 1.82) is 0 Å². The summed E-state index contributed by atoms with van der Waals surface area (Å²) in [7, 11) is 1.72. The van der Waals surface area contributed by atoms with Crippen LogP contribution < -0.4 is 4.74 Å². The van der Waals surface area contributed by atoms with E-state index in [1.165, 1.54) is 24.8 Å². The summed E-state index contributed by atoms with van der Waals surface area (Å²) < 4.78 is 5.23. The van der Waals surface area contributed by atoms with E-state index in [1.807, 2.05) is 6.07 Å². The number of ether oxygens (including phenoxy) is 1. The summed E-state index contributed by atoms with van der Waals surface area (Å²) >= 11 is 0. The van der Waals surface area contributed by atoms with Crippen LogP contribution in [0.15, 0.2) is 24.3 Å². The van der Waals surface area contributed by atoms with Gasteiger partial charge in [0.25, 0.3) is 0 Å². The second-order valence-electron chi connectivity index (χ2n) is 4.07. The molecule has 1 aromatic carbocycles. The van der Waals surface area contributed by atoms with E-state index in [0.29, 0.717) is 11.8 Å². The molecule has 1 unspecified atom stereocenters. The molecular weight excluding hydrogens is 172 g/mol. The van der Waals surface area contributed by atoms with E-state index >= 15 is 0 Å². The van der Waals surface area contributed by atoms with Gasteiger partial charge in [-0.1, -0.05) is 18.6 Å². The van der Waals surface area contributed by atoms with Crippen molar-refractivity contribution in [3.05, 3.63) is 36.8 Å². The van der Waals surface area contributed by atoms with Crippen LogP contribution in [-0.2, 0) is 0 Å². The zero-order valence-corrected chi connectivity index (χ0v) is 8.70. The third-order valence-electron chi connectivity index (χ3n) is 3.18. The molecule has 0 N–H and O–H groups in total. The molecule has 0 heterocycles. The standard InChI is InChI=1S/C13H17O/c1-10-5-3-8-13(10)11-6-4-7-12(9-11)14-2/h4,6-7,9-10,13H,1,3,5,8H2,2H3/t10?,13-/m1/s1. The Morgan fingerprint density at radius 3 is 2.86 bits per heavy atom. The third-order valence-corrected chi connectivity index (χ3v) is 3.18. The summed E-state index contributed by atoms with van der Waals surface area (Å²) in [6.07, 6.45) is 3.86. The maximum absolute atomic E-state index is 5.23. The molecular formula is C13H17O. The first-order chi connectivity index (χ1) is 6.81. The summed E-state index contributed by atoms with van der Waals surface area (Å²) in [6, 6.07) is 8.40. The lowest BCUT2D eigenvalue weighted by atomic mass is 9.90. The van der Waals surface area contributed by atoms with Crippen LogP contribution in [0, 0.1) is 12.8 Å². The van der Waals surface area contributed by atoms with Crippen LogP contribution in [0.25, 0.3) is 0 Å². The van der Waals surface area contributed by atoms with Crippen LogP contribution in [0.3, 0.4) is 0 Å². The van der Waals surface area contributed by atoms with Crippen molar-refractivity contribution >= 4 is 0 Å². The van der Waals surface area contributed by atoms with Crippen molar-refractivity contribution in [3.8, 4) is 5.75 Å². The average Bonchev–Trinajstić information content (AvgIpc) is 2.65. The highest BCUT2D eigenvalue weighted by atomic mass is 16.5. The van der Waals surface area contributed by atoms with Crippen molar-refractivity contribution in [2.24, 2.45) is 5.92 Å². The Labute approximate surface area is 86.1 Å². The Hall–Kier alpha value is -0.980. The smallest absolute Gasteiger partial charge is 0.119 e. The van der Waals surface area contributed by atoms with Crippen LogP contribution in [0.2, 0.25) is 0 Å². The Balaban J connectivity index is 2.22. The normalized spacial score (nSPS) is 26.4. The lowest BCUT2D eigenvalue weighted by Crippen LogP contribution is -2.02. The topological polar surface area (TPSA) is 9.23 Å². The molecule has 14 heavy (non-hydrogen) atoms. The van der Waals surface area contributed by atoms with Gasteiger partial charge in [-0.15, -0.1) is 0 Å². The fourth-order valence-electron chi connectivity index (χ4n) is 2.35. The van der Waals surface area contributed by atoms with E-state index in [4.69, 9.17) is 4.74 Å². The molecule has 0 saturated heterocycles. The first-order valence-electron chi connectivity index (χ1n) is 5.28. The molecule has 1 aliphatic carbocycles. The fourth-order valence-corrected chi connectivity index (χ4v) is 2.35. The van der Waals surface area contributed by atoms with Gasteiger partial charge in [-0.2, -0.15) is 0 Å². The quantitative estimate of drug-likeness (QED) is 0.692. The molecule has 0 amide bonds. The monoisotopic (exact) mass is 189 g/mol. The summed E-state index contributed by atoms with van der Waals surface area (Å²) in [4.78, 5) is 0. The summed E-state index contributed by atoms with van der Waals surface area (Å²) in [5.41, 5.74) is 1.39. The van der Waals surface area contributed by atoms with E-state index in [2.05, 4.69) is 25.1 Å². The Morgan fingerprint density at radius 2 is 2.21 bits per heavy atom. The minimum absolute atomic E-state index is 0.585. The van der Waals surface area contributed by atoms with Crippen LogP contribution in [-0.4, -0.2) is 7.11 Å². The van der Waals surface area contributed by atoms with Crippen molar-refractivity contribution < 1.29 is 4.74 Å². The summed E-state index contributed by atoms with van der Waals surface area (Å²) in [5, 5.41) is 0. The molecule has 1 saturated carbocycles. The third kappa shape index (κ3) is 1.77. The van der Waals surface area contributed by atoms with Gasteiger partial charge in [0, 0.05) is 0 Å². The van der Waals surface area contributed by atoms with Gasteiger partial charge in [-0.05, 0) is 49.3 Å². The number of hydrogen-bond acceptors (Lipinski definition) is 1. The van der Waals surface area contributed by atoms with Crippen LogP contribution in [0.4, 0.5) is 0 Å². The van der Waals surface area contributed by atoms with Gasteiger partial charge in [0.15, 0.2) is 0 Å². The van der Waals surface area contributed by atoms with Gasteiger partial charge in [-0.25, -0.2) is 0 Å². The van der Waals surface area contributed by atoms with Crippen molar-refractivity contribution in [1.82, 2.24) is 0 Å². The number of rotatable bonds is 2. The molecule has 1 radical (unpaired) electrons. The predicted molar refractivity (Wildman–Crippen MR) is 58.4 cm³/mol. The Morgan fingerprint density at radius 1 is 1.36 bits per heavy atom. The molecule has 0 aliphatic heterocycles. The molecule has 0 bridgehead atoms. The molecule has 75 valence electrons. The average molecular weight is 189 g/mol. The van der Waals surface area contributed by atoms with Gasteiger partial charge < -0.3 is 4.74 Å². The molecule has 2 atom stereocenters. The highest BCUT2D eigenvalue weighted by Crippen LogP contribution is 2.39. The van der Waals surface area contributed by atoms with E-state index in [9.17, 15) is 0 Å². The van der Waals surface area contributed by atoms with Gasteiger partial charge in [0.1, 0.15) is 5.75 Å². The maximum Gasteiger partial charge on any atom is 0.119 e. The van der Waals surface area contributed by atoms with E-state index in [0.717, 1.165) is 5.75 Å². The lowest BCUT2D eigenvalue weighted by Gasteiger charge is -2.16. The minimum Gasteiger partial charge on any atom is -0.497 e. The van der Waals surface area contributed by atoms with Crippen molar-refractivity contribution in [2.45, 2.75) is 25.2 Å². The van der Waals surface area contributed by atoms with Crippen LogP contribution in [0.5, 0.6) is 5.75 Å². The number of methoxy groups -OCH3 is 1.